The summed E-state index contributed by atoms with van der Waals surface area (Å²) in [6.45, 7) is 4.00. The van der Waals surface area contributed by atoms with Crippen molar-refractivity contribution in [1.29, 1.82) is 0 Å². The molecular formula is C11H20ClN. The van der Waals surface area contributed by atoms with E-state index in [0.29, 0.717) is 0 Å². The number of rotatable bonds is 5. The Morgan fingerprint density at radius 2 is 1.92 bits per heavy atom. The second-order valence-electron chi connectivity index (χ2n) is 4.67. The first-order valence-electron chi connectivity index (χ1n) is 5.67. The molecule has 2 rings (SSSR count). The second kappa shape index (κ2) is 4.65. The molecule has 0 spiro atoms. The zero-order valence-electron chi connectivity index (χ0n) is 8.34. The SMILES string of the molecule is ClCCC1CCN(CCC2CC2)C1. The molecule has 1 heterocycles. The van der Waals surface area contributed by atoms with Gasteiger partial charge in [-0.3, -0.25) is 0 Å². The van der Waals surface area contributed by atoms with Crippen molar-refractivity contribution in [1.82, 2.24) is 4.90 Å². The van der Waals surface area contributed by atoms with Gasteiger partial charge in [-0.15, -0.1) is 11.6 Å². The fourth-order valence-electron chi connectivity index (χ4n) is 2.28. The van der Waals surface area contributed by atoms with Gasteiger partial charge in [0.25, 0.3) is 0 Å². The Kier molecular flexibility index (Phi) is 3.51. The Balaban J connectivity index is 1.59. The standard InChI is InChI=1S/C11H20ClN/c12-6-3-11-5-8-13(9-11)7-4-10-1-2-10/h10-11H,1-9H2. The quantitative estimate of drug-likeness (QED) is 0.619. The molecule has 1 nitrogen and oxygen atoms in total. The van der Waals surface area contributed by atoms with E-state index in [-0.39, 0.29) is 0 Å². The molecule has 1 unspecified atom stereocenters. The fourth-order valence-corrected chi connectivity index (χ4v) is 2.59. The molecule has 0 radical (unpaired) electrons. The third kappa shape index (κ3) is 3.14. The summed E-state index contributed by atoms with van der Waals surface area (Å²) < 4.78 is 0. The molecule has 76 valence electrons. The van der Waals surface area contributed by atoms with Gasteiger partial charge < -0.3 is 4.90 Å². The highest BCUT2D eigenvalue weighted by molar-refractivity contribution is 6.17. The van der Waals surface area contributed by atoms with Crippen molar-refractivity contribution < 1.29 is 0 Å². The summed E-state index contributed by atoms with van der Waals surface area (Å²) >= 11 is 5.75. The first kappa shape index (κ1) is 9.79. The fraction of sp³-hybridized carbons (Fsp3) is 1.00. The maximum atomic E-state index is 5.75. The van der Waals surface area contributed by atoms with Crippen molar-refractivity contribution in [2.24, 2.45) is 11.8 Å². The summed E-state index contributed by atoms with van der Waals surface area (Å²) in [7, 11) is 0. The van der Waals surface area contributed by atoms with E-state index in [1.54, 1.807) is 0 Å². The molecule has 1 aliphatic heterocycles. The van der Waals surface area contributed by atoms with Crippen LogP contribution in [0.25, 0.3) is 0 Å². The Bertz CT molecular complexity index is 156. The van der Waals surface area contributed by atoms with Gasteiger partial charge in [0.1, 0.15) is 0 Å². The summed E-state index contributed by atoms with van der Waals surface area (Å²) in [5.41, 5.74) is 0. The van der Waals surface area contributed by atoms with Gasteiger partial charge in [-0.1, -0.05) is 12.8 Å². The minimum Gasteiger partial charge on any atom is -0.303 e. The van der Waals surface area contributed by atoms with Crippen molar-refractivity contribution >= 4 is 11.6 Å². The van der Waals surface area contributed by atoms with E-state index >= 15 is 0 Å². The molecule has 0 amide bonds. The highest BCUT2D eigenvalue weighted by Crippen LogP contribution is 2.33. The van der Waals surface area contributed by atoms with Crippen LogP contribution in [0.15, 0.2) is 0 Å². The minimum absolute atomic E-state index is 0.848. The molecule has 0 aromatic rings. The Morgan fingerprint density at radius 1 is 1.08 bits per heavy atom. The van der Waals surface area contributed by atoms with Gasteiger partial charge in [-0.05, 0) is 44.2 Å². The smallest absolute Gasteiger partial charge is 0.0226 e. The van der Waals surface area contributed by atoms with Gasteiger partial charge >= 0.3 is 0 Å². The molecule has 0 bridgehead atoms. The van der Waals surface area contributed by atoms with Crippen LogP contribution in [0.4, 0.5) is 0 Å². The molecule has 2 heteroatoms. The summed E-state index contributed by atoms with van der Waals surface area (Å²) in [4.78, 5) is 2.63. The molecule has 0 aromatic carbocycles. The van der Waals surface area contributed by atoms with Crippen molar-refractivity contribution in [2.75, 3.05) is 25.5 Å². The first-order chi connectivity index (χ1) is 6.38. The highest BCUT2D eigenvalue weighted by Gasteiger charge is 2.25. The summed E-state index contributed by atoms with van der Waals surface area (Å²) in [6, 6.07) is 0. The zero-order valence-corrected chi connectivity index (χ0v) is 9.10. The van der Waals surface area contributed by atoms with Crippen LogP contribution in [0.2, 0.25) is 0 Å². The lowest BCUT2D eigenvalue weighted by atomic mass is 10.1. The first-order valence-corrected chi connectivity index (χ1v) is 6.20. The van der Waals surface area contributed by atoms with Gasteiger partial charge in [0.05, 0.1) is 0 Å². The van der Waals surface area contributed by atoms with Gasteiger partial charge in [-0.25, -0.2) is 0 Å². The van der Waals surface area contributed by atoms with Crippen molar-refractivity contribution in [2.45, 2.75) is 32.1 Å². The van der Waals surface area contributed by atoms with Crippen LogP contribution in [-0.4, -0.2) is 30.4 Å². The lowest BCUT2D eigenvalue weighted by Gasteiger charge is -2.15. The van der Waals surface area contributed by atoms with Crippen LogP contribution < -0.4 is 0 Å². The molecular weight excluding hydrogens is 182 g/mol. The van der Waals surface area contributed by atoms with E-state index in [1.165, 1.54) is 51.7 Å². The number of hydrogen-bond donors (Lipinski definition) is 0. The molecule has 2 aliphatic rings. The average molecular weight is 202 g/mol. The van der Waals surface area contributed by atoms with E-state index < -0.39 is 0 Å². The predicted molar refractivity (Wildman–Crippen MR) is 57.2 cm³/mol. The Labute approximate surface area is 86.4 Å². The number of likely N-dealkylation sites (tertiary alicyclic amines) is 1. The van der Waals surface area contributed by atoms with Crippen LogP contribution in [0.3, 0.4) is 0 Å². The number of halogens is 1. The zero-order chi connectivity index (χ0) is 9.10. The average Bonchev–Trinajstić information content (AvgIpc) is 2.85. The normalized spacial score (nSPS) is 29.8. The van der Waals surface area contributed by atoms with Crippen LogP contribution >= 0.6 is 11.6 Å². The summed E-state index contributed by atoms with van der Waals surface area (Å²) in [6.07, 6.45) is 7.06. The molecule has 1 saturated heterocycles. The third-order valence-corrected chi connectivity index (χ3v) is 3.66. The van der Waals surface area contributed by atoms with Gasteiger partial charge in [-0.2, -0.15) is 0 Å². The lowest BCUT2D eigenvalue weighted by Crippen LogP contribution is -2.22. The second-order valence-corrected chi connectivity index (χ2v) is 5.04. The Morgan fingerprint density at radius 3 is 2.62 bits per heavy atom. The highest BCUT2D eigenvalue weighted by atomic mass is 35.5. The monoisotopic (exact) mass is 201 g/mol. The van der Waals surface area contributed by atoms with Crippen molar-refractivity contribution in [3.63, 3.8) is 0 Å². The number of alkyl halides is 1. The largest absolute Gasteiger partial charge is 0.303 e. The maximum absolute atomic E-state index is 5.75. The van der Waals surface area contributed by atoms with E-state index in [9.17, 15) is 0 Å². The topological polar surface area (TPSA) is 3.24 Å². The van der Waals surface area contributed by atoms with Crippen molar-refractivity contribution in [3.05, 3.63) is 0 Å². The van der Waals surface area contributed by atoms with E-state index in [0.717, 1.165) is 17.7 Å². The molecule has 13 heavy (non-hydrogen) atoms. The van der Waals surface area contributed by atoms with E-state index in [1.807, 2.05) is 0 Å². The van der Waals surface area contributed by atoms with E-state index in [4.69, 9.17) is 11.6 Å². The molecule has 1 saturated carbocycles. The molecule has 2 fully saturated rings. The molecule has 1 atom stereocenters. The number of hydrogen-bond acceptors (Lipinski definition) is 1. The van der Waals surface area contributed by atoms with Gasteiger partial charge in [0, 0.05) is 12.4 Å². The number of nitrogens with zero attached hydrogens (tertiary/aromatic N) is 1. The van der Waals surface area contributed by atoms with Gasteiger partial charge in [0.2, 0.25) is 0 Å². The van der Waals surface area contributed by atoms with Crippen molar-refractivity contribution in [3.8, 4) is 0 Å². The summed E-state index contributed by atoms with van der Waals surface area (Å²) in [5, 5.41) is 0. The Hall–Kier alpha value is 0.250. The van der Waals surface area contributed by atoms with Crippen LogP contribution in [0.5, 0.6) is 0 Å². The summed E-state index contributed by atoms with van der Waals surface area (Å²) in [5.74, 6) is 2.84. The van der Waals surface area contributed by atoms with E-state index in [2.05, 4.69) is 4.90 Å². The molecule has 0 N–H and O–H groups in total. The lowest BCUT2D eigenvalue weighted by molar-refractivity contribution is 0.312. The maximum Gasteiger partial charge on any atom is 0.0226 e. The van der Waals surface area contributed by atoms with Crippen LogP contribution in [0.1, 0.15) is 32.1 Å². The molecule has 0 aromatic heterocycles. The minimum atomic E-state index is 0.848. The van der Waals surface area contributed by atoms with Gasteiger partial charge in [0.15, 0.2) is 0 Å². The molecule has 1 aliphatic carbocycles. The van der Waals surface area contributed by atoms with Crippen LogP contribution in [0, 0.1) is 11.8 Å². The third-order valence-electron chi connectivity index (χ3n) is 3.44. The predicted octanol–water partition coefficient (Wildman–Crippen LogP) is 2.74. The van der Waals surface area contributed by atoms with Crippen LogP contribution in [-0.2, 0) is 0 Å².